The number of benzene rings is 1. The van der Waals surface area contributed by atoms with Crippen LogP contribution in [0, 0.1) is 17.2 Å². The molecule has 5 heteroatoms. The van der Waals surface area contributed by atoms with E-state index >= 15 is 0 Å². The van der Waals surface area contributed by atoms with Crippen molar-refractivity contribution >= 4 is 11.7 Å². The number of hydrogen-bond donors (Lipinski definition) is 1. The van der Waals surface area contributed by atoms with Gasteiger partial charge in [-0.2, -0.15) is 5.26 Å². The van der Waals surface area contributed by atoms with Crippen LogP contribution in [-0.2, 0) is 16.0 Å². The van der Waals surface area contributed by atoms with Gasteiger partial charge in [0.05, 0.1) is 13.2 Å². The van der Waals surface area contributed by atoms with Crippen LogP contribution < -0.4 is 10.1 Å². The van der Waals surface area contributed by atoms with Crippen LogP contribution in [0.15, 0.2) is 35.9 Å². The maximum Gasteiger partial charge on any atom is 0.245 e. The summed E-state index contributed by atoms with van der Waals surface area (Å²) in [6.45, 7) is 1.81. The number of nitriles is 1. The van der Waals surface area contributed by atoms with E-state index in [9.17, 15) is 14.9 Å². The summed E-state index contributed by atoms with van der Waals surface area (Å²) in [6, 6.07) is 9.50. The number of rotatable bonds is 7. The molecular formula is C20H24N2O3. The summed E-state index contributed by atoms with van der Waals surface area (Å²) in [5.74, 6) is -1.49. The Hall–Kier alpha value is -2.61. The smallest absolute Gasteiger partial charge is 0.245 e. The number of hydrogen-bond acceptors (Lipinski definition) is 4. The molecule has 5 nitrogen and oxygen atoms in total. The average Bonchev–Trinajstić information content (AvgIpc) is 3.08. The van der Waals surface area contributed by atoms with E-state index in [1.807, 2.05) is 37.3 Å². The second-order valence-electron chi connectivity index (χ2n) is 6.43. The number of carbonyl (C=O) groups excluding carboxylic acids is 2. The van der Waals surface area contributed by atoms with Crippen molar-refractivity contribution in [1.29, 1.82) is 5.26 Å². The molecule has 0 saturated heterocycles. The van der Waals surface area contributed by atoms with Gasteiger partial charge in [-0.05, 0) is 43.9 Å². The predicted octanol–water partition coefficient (Wildman–Crippen LogP) is 2.95. The molecule has 1 aliphatic rings. The van der Waals surface area contributed by atoms with Crippen LogP contribution in [0.25, 0.3) is 0 Å². The summed E-state index contributed by atoms with van der Waals surface area (Å²) < 4.78 is 5.30. The molecule has 2 rings (SSSR count). The van der Waals surface area contributed by atoms with Crippen molar-refractivity contribution in [2.45, 2.75) is 45.1 Å². The van der Waals surface area contributed by atoms with E-state index in [1.54, 1.807) is 7.11 Å². The van der Waals surface area contributed by atoms with Gasteiger partial charge in [0.2, 0.25) is 5.91 Å². The van der Waals surface area contributed by atoms with E-state index < -0.39 is 17.6 Å². The Morgan fingerprint density at radius 2 is 2.04 bits per heavy atom. The molecule has 0 radical (unpaired) electrons. The summed E-state index contributed by atoms with van der Waals surface area (Å²) in [4.78, 5) is 24.6. The third-order valence-corrected chi connectivity index (χ3v) is 4.43. The third kappa shape index (κ3) is 5.18. The molecule has 1 saturated carbocycles. The second-order valence-corrected chi connectivity index (χ2v) is 6.43. The molecule has 0 heterocycles. The summed E-state index contributed by atoms with van der Waals surface area (Å²) in [5, 5.41) is 12.1. The molecule has 1 aliphatic carbocycles. The molecule has 1 aromatic rings. The maximum atomic E-state index is 12.4. The highest BCUT2D eigenvalue weighted by Gasteiger charge is 2.27. The number of nitrogens with one attached hydrogen (secondary N) is 1. The molecule has 0 unspecified atom stereocenters. The maximum absolute atomic E-state index is 12.4. The number of allylic oxidation sites excluding steroid dienone is 2. The first-order valence-electron chi connectivity index (χ1n) is 8.58. The molecular weight excluding hydrogens is 316 g/mol. The van der Waals surface area contributed by atoms with Gasteiger partial charge in [-0.25, -0.2) is 0 Å². The molecule has 0 aliphatic heterocycles. The summed E-state index contributed by atoms with van der Waals surface area (Å²) in [7, 11) is 1.60. The third-order valence-electron chi connectivity index (χ3n) is 4.43. The van der Waals surface area contributed by atoms with Gasteiger partial charge in [-0.15, -0.1) is 0 Å². The Bertz CT molecular complexity index is 697. The molecule has 1 atom stereocenters. The Balaban J connectivity index is 2.02. The zero-order valence-corrected chi connectivity index (χ0v) is 14.7. The van der Waals surface area contributed by atoms with Gasteiger partial charge in [0.1, 0.15) is 5.75 Å². The van der Waals surface area contributed by atoms with Gasteiger partial charge in [0.15, 0.2) is 11.7 Å². The molecule has 25 heavy (non-hydrogen) atoms. The van der Waals surface area contributed by atoms with E-state index in [0.29, 0.717) is 6.42 Å². The first-order valence-corrected chi connectivity index (χ1v) is 8.58. The lowest BCUT2D eigenvalue weighted by atomic mass is 9.99. The Morgan fingerprint density at radius 1 is 1.36 bits per heavy atom. The summed E-state index contributed by atoms with van der Waals surface area (Å²) in [5.41, 5.74) is 1.74. The van der Waals surface area contributed by atoms with Gasteiger partial charge in [-0.1, -0.05) is 36.6 Å². The van der Waals surface area contributed by atoms with Crippen LogP contribution in [0.4, 0.5) is 0 Å². The number of carbonyl (C=O) groups is 2. The first kappa shape index (κ1) is 18.7. The molecule has 1 amide bonds. The van der Waals surface area contributed by atoms with E-state index in [0.717, 1.165) is 42.6 Å². The highest BCUT2D eigenvalue weighted by atomic mass is 16.5. The van der Waals surface area contributed by atoms with Crippen LogP contribution in [0.5, 0.6) is 5.75 Å². The van der Waals surface area contributed by atoms with Gasteiger partial charge < -0.3 is 10.1 Å². The van der Waals surface area contributed by atoms with Crippen molar-refractivity contribution in [3.8, 4) is 11.8 Å². The number of amides is 1. The van der Waals surface area contributed by atoms with Crippen molar-refractivity contribution < 1.29 is 14.3 Å². The molecule has 0 bridgehead atoms. The first-order chi connectivity index (χ1) is 12.0. The number of methoxy groups -OCH3 is 1. The van der Waals surface area contributed by atoms with Crippen molar-refractivity contribution in [2.75, 3.05) is 7.11 Å². The number of para-hydroxylation sites is 1. The lowest BCUT2D eigenvalue weighted by Crippen LogP contribution is -2.39. The van der Waals surface area contributed by atoms with Gasteiger partial charge in [0, 0.05) is 6.04 Å². The number of nitrogens with zero attached hydrogens (tertiary/aromatic N) is 1. The normalized spacial score (nSPS) is 16.1. The van der Waals surface area contributed by atoms with Gasteiger partial charge in [-0.3, -0.25) is 9.59 Å². The lowest BCUT2D eigenvalue weighted by Gasteiger charge is -2.14. The molecule has 0 spiro atoms. The quantitative estimate of drug-likeness (QED) is 0.611. The van der Waals surface area contributed by atoms with Crippen molar-refractivity contribution in [1.82, 2.24) is 5.32 Å². The molecule has 1 fully saturated rings. The minimum Gasteiger partial charge on any atom is -0.496 e. The van der Waals surface area contributed by atoms with Crippen molar-refractivity contribution in [2.24, 2.45) is 5.92 Å². The predicted molar refractivity (Wildman–Crippen MR) is 95.0 cm³/mol. The molecule has 132 valence electrons. The fourth-order valence-electron chi connectivity index (χ4n) is 3.13. The SMILES string of the molecule is COc1ccccc1C/C(C)=C/C(=O)[C@@H](C#N)C(=O)NC1CCCC1. The largest absolute Gasteiger partial charge is 0.496 e. The lowest BCUT2D eigenvalue weighted by molar-refractivity contribution is -0.129. The monoisotopic (exact) mass is 340 g/mol. The van der Waals surface area contributed by atoms with Crippen LogP contribution in [0.3, 0.4) is 0 Å². The number of ether oxygens (including phenoxy) is 1. The van der Waals surface area contributed by atoms with Crippen LogP contribution in [0.2, 0.25) is 0 Å². The fraction of sp³-hybridized carbons (Fsp3) is 0.450. The second kappa shape index (κ2) is 9.03. The minimum atomic E-state index is -1.28. The number of ketones is 1. The van der Waals surface area contributed by atoms with Gasteiger partial charge in [0.25, 0.3) is 0 Å². The highest BCUT2D eigenvalue weighted by molar-refractivity contribution is 6.09. The molecule has 1 N–H and O–H groups in total. The van der Waals surface area contributed by atoms with E-state index in [-0.39, 0.29) is 6.04 Å². The molecule has 1 aromatic carbocycles. The van der Waals surface area contributed by atoms with Crippen LogP contribution in [0.1, 0.15) is 38.2 Å². The van der Waals surface area contributed by atoms with E-state index in [4.69, 9.17) is 4.74 Å². The summed E-state index contributed by atoms with van der Waals surface area (Å²) >= 11 is 0. The fourth-order valence-corrected chi connectivity index (χ4v) is 3.13. The Labute approximate surface area is 148 Å². The zero-order valence-electron chi connectivity index (χ0n) is 14.7. The Kier molecular flexibility index (Phi) is 6.76. The van der Waals surface area contributed by atoms with Crippen molar-refractivity contribution in [3.63, 3.8) is 0 Å². The minimum absolute atomic E-state index is 0.0924. The average molecular weight is 340 g/mol. The van der Waals surface area contributed by atoms with E-state index in [1.165, 1.54) is 6.08 Å². The van der Waals surface area contributed by atoms with Crippen LogP contribution >= 0.6 is 0 Å². The van der Waals surface area contributed by atoms with Gasteiger partial charge >= 0.3 is 0 Å². The summed E-state index contributed by atoms with van der Waals surface area (Å²) in [6.07, 6.45) is 5.91. The topological polar surface area (TPSA) is 79.2 Å². The van der Waals surface area contributed by atoms with Crippen LogP contribution in [-0.4, -0.2) is 24.8 Å². The van der Waals surface area contributed by atoms with E-state index in [2.05, 4.69) is 5.32 Å². The van der Waals surface area contributed by atoms with Crippen molar-refractivity contribution in [3.05, 3.63) is 41.5 Å². The highest BCUT2D eigenvalue weighted by Crippen LogP contribution is 2.21. The molecule has 0 aromatic heterocycles. The zero-order chi connectivity index (χ0) is 18.2. The standard InChI is InChI=1S/C20H24N2O3/c1-14(11-15-7-3-6-10-19(15)25-2)12-18(23)17(13-21)20(24)22-16-8-4-5-9-16/h3,6-7,10,12,16-17H,4-5,8-9,11H2,1-2H3,(H,22,24)/b14-12+/t17-/m1/s1. The Morgan fingerprint density at radius 3 is 2.68 bits per heavy atom.